The van der Waals surface area contributed by atoms with Crippen LogP contribution in [0.1, 0.15) is 18.5 Å². The predicted octanol–water partition coefficient (Wildman–Crippen LogP) is 2.90. The molecule has 9 heteroatoms. The van der Waals surface area contributed by atoms with Gasteiger partial charge in [-0.3, -0.25) is 9.69 Å². The Hall–Kier alpha value is -3.27. The van der Waals surface area contributed by atoms with E-state index in [0.717, 1.165) is 16.3 Å². The molecule has 176 valence electrons. The largest absolute Gasteiger partial charge is 0.348 e. The van der Waals surface area contributed by atoms with Crippen LogP contribution in [0.4, 0.5) is 0 Å². The highest BCUT2D eigenvalue weighted by Crippen LogP contribution is 2.26. The second-order valence-corrected chi connectivity index (χ2v) is 10.5. The molecule has 0 saturated carbocycles. The van der Waals surface area contributed by atoms with Crippen LogP contribution in [0.15, 0.2) is 71.9 Å². The fourth-order valence-corrected chi connectivity index (χ4v) is 6.18. The van der Waals surface area contributed by atoms with Crippen LogP contribution in [0.2, 0.25) is 0 Å². The molecule has 5 rings (SSSR count). The van der Waals surface area contributed by atoms with E-state index in [1.807, 2.05) is 36.1 Å². The molecule has 1 amide bonds. The molecule has 3 heterocycles. The third-order valence-corrected chi connectivity index (χ3v) is 8.34. The van der Waals surface area contributed by atoms with Crippen molar-refractivity contribution in [3.8, 4) is 0 Å². The number of rotatable bonds is 6. The van der Waals surface area contributed by atoms with Gasteiger partial charge in [0.15, 0.2) is 0 Å². The van der Waals surface area contributed by atoms with Crippen LogP contribution in [-0.4, -0.2) is 66.2 Å². The number of aromatic amines is 1. The van der Waals surface area contributed by atoms with Gasteiger partial charge in [0.05, 0.1) is 12.6 Å². The Morgan fingerprint density at radius 1 is 1.03 bits per heavy atom. The maximum atomic E-state index is 13.2. The number of carbonyl (C=O) groups excluding carboxylic acids is 1. The molecule has 4 aromatic rings. The van der Waals surface area contributed by atoms with Crippen molar-refractivity contribution in [2.75, 3.05) is 32.7 Å². The summed E-state index contributed by atoms with van der Waals surface area (Å²) in [6.07, 6.45) is 3.13. The number of nitrogens with one attached hydrogen (secondary N) is 2. The average Bonchev–Trinajstić information content (AvgIpc) is 3.29. The quantitative estimate of drug-likeness (QED) is 0.445. The number of fused-ring (bicyclic) bond motifs is 2. The van der Waals surface area contributed by atoms with E-state index in [0.29, 0.717) is 37.2 Å². The first-order valence-electron chi connectivity index (χ1n) is 11.3. The van der Waals surface area contributed by atoms with Gasteiger partial charge in [0.25, 0.3) is 0 Å². The molecule has 1 atom stereocenters. The molecule has 0 aliphatic carbocycles. The van der Waals surface area contributed by atoms with E-state index in [-0.39, 0.29) is 23.4 Å². The molecule has 34 heavy (non-hydrogen) atoms. The number of nitrogens with zero attached hydrogens (tertiary/aromatic N) is 3. The zero-order valence-corrected chi connectivity index (χ0v) is 19.8. The van der Waals surface area contributed by atoms with Crippen molar-refractivity contribution < 1.29 is 13.2 Å². The number of hydrogen-bond donors (Lipinski definition) is 2. The molecular formula is C25H27N5O3S. The Balaban J connectivity index is 1.19. The van der Waals surface area contributed by atoms with Gasteiger partial charge in [-0.2, -0.15) is 4.31 Å². The minimum absolute atomic E-state index is 0.0700. The molecule has 1 unspecified atom stereocenters. The van der Waals surface area contributed by atoms with Gasteiger partial charge in [0.1, 0.15) is 10.5 Å². The van der Waals surface area contributed by atoms with Crippen LogP contribution in [0, 0.1) is 0 Å². The van der Waals surface area contributed by atoms with Crippen molar-refractivity contribution in [1.82, 2.24) is 24.5 Å². The summed E-state index contributed by atoms with van der Waals surface area (Å²) in [5.74, 6) is -0.0700. The first-order valence-corrected chi connectivity index (χ1v) is 12.8. The minimum Gasteiger partial charge on any atom is -0.348 e. The van der Waals surface area contributed by atoms with E-state index in [1.54, 1.807) is 18.3 Å². The van der Waals surface area contributed by atoms with Gasteiger partial charge in [0, 0.05) is 44.0 Å². The summed E-state index contributed by atoms with van der Waals surface area (Å²) in [5.41, 5.74) is 1.63. The van der Waals surface area contributed by atoms with Crippen molar-refractivity contribution in [3.05, 3.63) is 72.6 Å². The van der Waals surface area contributed by atoms with Gasteiger partial charge in [-0.05, 0) is 35.4 Å². The molecule has 2 aromatic carbocycles. The normalized spacial score (nSPS) is 16.6. The lowest BCUT2D eigenvalue weighted by atomic mass is 10.00. The Labute approximate surface area is 198 Å². The number of H-pyrrole nitrogens is 1. The minimum atomic E-state index is -3.64. The van der Waals surface area contributed by atoms with Crippen molar-refractivity contribution in [2.45, 2.75) is 17.9 Å². The molecule has 0 bridgehead atoms. The molecule has 0 spiro atoms. The lowest BCUT2D eigenvalue weighted by Crippen LogP contribution is -2.51. The summed E-state index contributed by atoms with van der Waals surface area (Å²) in [6, 6.07) is 17.6. The number of aromatic nitrogens is 2. The number of hydrogen-bond acceptors (Lipinski definition) is 5. The maximum absolute atomic E-state index is 13.2. The first-order chi connectivity index (χ1) is 16.4. The van der Waals surface area contributed by atoms with Gasteiger partial charge in [-0.1, -0.05) is 42.5 Å². The maximum Gasteiger partial charge on any atom is 0.245 e. The molecule has 2 N–H and O–H groups in total. The molecule has 1 aliphatic rings. The SMILES string of the molecule is CC(NC(=O)CN1CCN(S(=O)(=O)c2c[nH]c3ncccc23)CC1)c1cccc2ccccc12. The monoisotopic (exact) mass is 477 g/mol. The summed E-state index contributed by atoms with van der Waals surface area (Å²) in [7, 11) is -3.64. The van der Waals surface area contributed by atoms with Gasteiger partial charge in [0.2, 0.25) is 15.9 Å². The molecule has 8 nitrogen and oxygen atoms in total. The smallest absolute Gasteiger partial charge is 0.245 e. The zero-order chi connectivity index (χ0) is 23.7. The fraction of sp³-hybridized carbons (Fsp3) is 0.280. The van der Waals surface area contributed by atoms with Crippen molar-refractivity contribution in [1.29, 1.82) is 0 Å². The summed E-state index contributed by atoms with van der Waals surface area (Å²) < 4.78 is 27.8. The number of benzene rings is 2. The van der Waals surface area contributed by atoms with E-state index in [1.165, 1.54) is 10.5 Å². The van der Waals surface area contributed by atoms with E-state index in [9.17, 15) is 13.2 Å². The van der Waals surface area contributed by atoms with Gasteiger partial charge in [-0.15, -0.1) is 0 Å². The van der Waals surface area contributed by atoms with E-state index < -0.39 is 10.0 Å². The molecule has 2 aromatic heterocycles. The van der Waals surface area contributed by atoms with Gasteiger partial charge in [-0.25, -0.2) is 13.4 Å². The Morgan fingerprint density at radius 2 is 1.76 bits per heavy atom. The number of amides is 1. The number of piperazine rings is 1. The summed E-state index contributed by atoms with van der Waals surface area (Å²) in [4.78, 5) is 22.1. The Kier molecular flexibility index (Phi) is 6.07. The zero-order valence-electron chi connectivity index (χ0n) is 18.9. The van der Waals surface area contributed by atoms with Crippen LogP contribution in [-0.2, 0) is 14.8 Å². The van der Waals surface area contributed by atoms with Gasteiger partial charge < -0.3 is 10.3 Å². The Morgan fingerprint density at radius 3 is 2.59 bits per heavy atom. The second kappa shape index (κ2) is 9.17. The van der Waals surface area contributed by atoms with Crippen LogP contribution in [0.25, 0.3) is 21.8 Å². The summed E-state index contributed by atoms with van der Waals surface area (Å²) in [5, 5.41) is 5.96. The van der Waals surface area contributed by atoms with Crippen molar-refractivity contribution in [2.24, 2.45) is 0 Å². The highest BCUT2D eigenvalue weighted by Gasteiger charge is 2.31. The number of carbonyl (C=O) groups is 1. The van der Waals surface area contributed by atoms with E-state index in [2.05, 4.69) is 33.5 Å². The average molecular weight is 478 g/mol. The topological polar surface area (TPSA) is 98.4 Å². The summed E-state index contributed by atoms with van der Waals surface area (Å²) >= 11 is 0. The second-order valence-electron chi connectivity index (χ2n) is 8.59. The molecule has 0 radical (unpaired) electrons. The van der Waals surface area contributed by atoms with Gasteiger partial charge >= 0.3 is 0 Å². The van der Waals surface area contributed by atoms with Crippen molar-refractivity contribution in [3.63, 3.8) is 0 Å². The molecule has 1 fully saturated rings. The fourth-order valence-electron chi connectivity index (χ4n) is 4.61. The van der Waals surface area contributed by atoms with Crippen LogP contribution < -0.4 is 5.32 Å². The van der Waals surface area contributed by atoms with E-state index in [4.69, 9.17) is 0 Å². The lowest BCUT2D eigenvalue weighted by molar-refractivity contribution is -0.123. The van der Waals surface area contributed by atoms with Crippen LogP contribution in [0.5, 0.6) is 0 Å². The standard InChI is InChI=1S/C25H27N5O3S/c1-18(20-9-4-7-19-6-2-3-8-21(19)20)28-24(31)17-29-12-14-30(15-13-29)34(32,33)23-16-27-25-22(23)10-5-11-26-25/h2-11,16,18H,12-15,17H2,1H3,(H,26,27)(H,28,31). The number of sulfonamides is 1. The van der Waals surface area contributed by atoms with Crippen molar-refractivity contribution >= 4 is 37.7 Å². The molecule has 1 saturated heterocycles. The highest BCUT2D eigenvalue weighted by molar-refractivity contribution is 7.89. The third-order valence-electron chi connectivity index (χ3n) is 6.40. The van der Waals surface area contributed by atoms with E-state index >= 15 is 0 Å². The van der Waals surface area contributed by atoms with Crippen LogP contribution >= 0.6 is 0 Å². The Bertz CT molecular complexity index is 1440. The highest BCUT2D eigenvalue weighted by atomic mass is 32.2. The third kappa shape index (κ3) is 4.29. The lowest BCUT2D eigenvalue weighted by Gasteiger charge is -2.33. The number of pyridine rings is 1. The first kappa shape index (κ1) is 22.5. The molecule has 1 aliphatic heterocycles. The predicted molar refractivity (Wildman–Crippen MR) is 132 cm³/mol. The van der Waals surface area contributed by atoms with Crippen LogP contribution in [0.3, 0.4) is 0 Å². The molecular weight excluding hydrogens is 450 g/mol. The summed E-state index contributed by atoms with van der Waals surface area (Å²) in [6.45, 7) is 3.88.